The third-order valence-corrected chi connectivity index (χ3v) is 4.92. The monoisotopic (exact) mass is 274 g/mol. The van der Waals surface area contributed by atoms with E-state index in [0.717, 1.165) is 12.8 Å². The molecule has 94 valence electrons. The van der Waals surface area contributed by atoms with E-state index < -0.39 is 10.0 Å². The fraction of sp³-hybridized carbons (Fsp3) is 0.455. The molecule has 6 heteroatoms. The summed E-state index contributed by atoms with van der Waals surface area (Å²) in [5.41, 5.74) is 6.09. The van der Waals surface area contributed by atoms with Gasteiger partial charge in [-0.3, -0.25) is 0 Å². The van der Waals surface area contributed by atoms with Crippen LogP contribution in [0.15, 0.2) is 23.1 Å². The Labute approximate surface area is 106 Å². The maximum absolute atomic E-state index is 12.0. The summed E-state index contributed by atoms with van der Waals surface area (Å²) < 4.78 is 26.6. The van der Waals surface area contributed by atoms with Crippen LogP contribution in [0.25, 0.3) is 0 Å². The van der Waals surface area contributed by atoms with Crippen LogP contribution in [0.3, 0.4) is 0 Å². The smallest absolute Gasteiger partial charge is 0.242 e. The molecule has 0 saturated heterocycles. The average Bonchev–Trinajstić information content (AvgIpc) is 2.94. The number of benzene rings is 1. The van der Waals surface area contributed by atoms with Gasteiger partial charge in [-0.25, -0.2) is 13.1 Å². The quantitative estimate of drug-likeness (QED) is 0.825. The zero-order valence-electron chi connectivity index (χ0n) is 9.53. The fourth-order valence-electron chi connectivity index (χ4n) is 1.47. The van der Waals surface area contributed by atoms with E-state index in [-0.39, 0.29) is 15.3 Å². The van der Waals surface area contributed by atoms with Crippen LogP contribution < -0.4 is 10.5 Å². The van der Waals surface area contributed by atoms with Crippen molar-refractivity contribution in [2.24, 2.45) is 5.41 Å². The Kier molecular flexibility index (Phi) is 3.10. The summed E-state index contributed by atoms with van der Waals surface area (Å²) in [4.78, 5) is 0.0811. The molecule has 1 aromatic carbocycles. The van der Waals surface area contributed by atoms with Crippen molar-refractivity contribution in [2.45, 2.75) is 24.7 Å². The first-order chi connectivity index (χ1) is 7.82. The Bertz CT molecular complexity index is 538. The molecule has 1 aliphatic carbocycles. The van der Waals surface area contributed by atoms with E-state index in [9.17, 15) is 8.42 Å². The zero-order valence-corrected chi connectivity index (χ0v) is 11.1. The number of anilines is 1. The van der Waals surface area contributed by atoms with Crippen molar-refractivity contribution in [1.29, 1.82) is 0 Å². The van der Waals surface area contributed by atoms with Crippen LogP contribution in [0.5, 0.6) is 0 Å². The molecule has 17 heavy (non-hydrogen) atoms. The Morgan fingerprint density at radius 1 is 1.47 bits per heavy atom. The molecule has 0 amide bonds. The third kappa shape index (κ3) is 2.91. The summed E-state index contributed by atoms with van der Waals surface area (Å²) in [6.07, 6.45) is 2.12. The second-order valence-electron chi connectivity index (χ2n) is 4.83. The maximum Gasteiger partial charge on any atom is 0.242 e. The highest BCUT2D eigenvalue weighted by molar-refractivity contribution is 7.89. The number of halogens is 1. The Hall–Kier alpha value is -0.780. The second-order valence-corrected chi connectivity index (χ2v) is 6.97. The number of rotatable bonds is 4. The largest absolute Gasteiger partial charge is 0.399 e. The third-order valence-electron chi connectivity index (χ3n) is 3.04. The lowest BCUT2D eigenvalue weighted by Crippen LogP contribution is -2.29. The predicted molar refractivity (Wildman–Crippen MR) is 68.4 cm³/mol. The summed E-state index contributed by atoms with van der Waals surface area (Å²) in [5.74, 6) is 0. The highest BCUT2D eigenvalue weighted by Crippen LogP contribution is 2.44. The molecule has 0 spiro atoms. The van der Waals surface area contributed by atoms with Crippen molar-refractivity contribution in [2.75, 3.05) is 12.3 Å². The summed E-state index contributed by atoms with van der Waals surface area (Å²) in [6.45, 7) is 2.51. The van der Waals surface area contributed by atoms with E-state index in [1.165, 1.54) is 18.2 Å². The Balaban J connectivity index is 2.19. The van der Waals surface area contributed by atoms with E-state index >= 15 is 0 Å². The first kappa shape index (κ1) is 12.7. The van der Waals surface area contributed by atoms with Gasteiger partial charge in [0, 0.05) is 12.2 Å². The fourth-order valence-corrected chi connectivity index (χ4v) is 3.22. The Morgan fingerprint density at radius 2 is 2.12 bits per heavy atom. The minimum atomic E-state index is -3.54. The van der Waals surface area contributed by atoms with Gasteiger partial charge < -0.3 is 5.73 Å². The van der Waals surface area contributed by atoms with E-state index in [1.54, 1.807) is 0 Å². The van der Waals surface area contributed by atoms with E-state index in [1.807, 2.05) is 0 Å². The zero-order chi connectivity index (χ0) is 12.7. The van der Waals surface area contributed by atoms with Gasteiger partial charge in [0.25, 0.3) is 0 Å². The molecule has 0 aliphatic heterocycles. The average molecular weight is 275 g/mol. The van der Waals surface area contributed by atoms with Crippen molar-refractivity contribution in [3.05, 3.63) is 23.2 Å². The van der Waals surface area contributed by atoms with Gasteiger partial charge in [0.1, 0.15) is 4.90 Å². The lowest BCUT2D eigenvalue weighted by atomic mass is 10.2. The number of sulfonamides is 1. The lowest BCUT2D eigenvalue weighted by Gasteiger charge is -2.12. The molecule has 0 aromatic heterocycles. The van der Waals surface area contributed by atoms with Crippen LogP contribution >= 0.6 is 11.6 Å². The minimum Gasteiger partial charge on any atom is -0.399 e. The van der Waals surface area contributed by atoms with E-state index in [0.29, 0.717) is 12.2 Å². The Morgan fingerprint density at radius 3 is 2.65 bits per heavy atom. The molecule has 0 unspecified atom stereocenters. The summed E-state index contributed by atoms with van der Waals surface area (Å²) >= 11 is 5.88. The normalized spacial score (nSPS) is 18.0. The maximum atomic E-state index is 12.0. The molecule has 0 radical (unpaired) electrons. The SMILES string of the molecule is CC1(CNS(=O)(=O)c2ccc(N)cc2Cl)CC1. The molecule has 1 aliphatic rings. The van der Waals surface area contributed by atoms with Crippen molar-refractivity contribution in [1.82, 2.24) is 4.72 Å². The lowest BCUT2D eigenvalue weighted by molar-refractivity contribution is 0.530. The molecule has 2 rings (SSSR count). The van der Waals surface area contributed by atoms with Crippen molar-refractivity contribution in [3.8, 4) is 0 Å². The highest BCUT2D eigenvalue weighted by atomic mass is 35.5. The van der Waals surface area contributed by atoms with Gasteiger partial charge >= 0.3 is 0 Å². The van der Waals surface area contributed by atoms with Crippen molar-refractivity contribution < 1.29 is 8.42 Å². The van der Waals surface area contributed by atoms with Crippen LogP contribution in [-0.4, -0.2) is 15.0 Å². The van der Waals surface area contributed by atoms with Gasteiger partial charge in [0.2, 0.25) is 10.0 Å². The summed E-state index contributed by atoms with van der Waals surface area (Å²) in [5, 5.41) is 0.151. The van der Waals surface area contributed by atoms with Gasteiger partial charge in [-0.05, 0) is 36.5 Å². The number of hydrogen-bond donors (Lipinski definition) is 2. The number of nitrogens with one attached hydrogen (secondary N) is 1. The van der Waals surface area contributed by atoms with Crippen LogP contribution in [0, 0.1) is 5.41 Å². The highest BCUT2D eigenvalue weighted by Gasteiger charge is 2.38. The molecular weight excluding hydrogens is 260 g/mol. The van der Waals surface area contributed by atoms with Crippen LogP contribution in [0.2, 0.25) is 5.02 Å². The van der Waals surface area contributed by atoms with Gasteiger partial charge in [0.15, 0.2) is 0 Å². The van der Waals surface area contributed by atoms with Gasteiger partial charge in [-0.2, -0.15) is 0 Å². The van der Waals surface area contributed by atoms with Crippen molar-refractivity contribution in [3.63, 3.8) is 0 Å². The van der Waals surface area contributed by atoms with Gasteiger partial charge in [-0.15, -0.1) is 0 Å². The summed E-state index contributed by atoms with van der Waals surface area (Å²) in [6, 6.07) is 4.39. The standard InChI is InChI=1S/C11H15ClN2O2S/c1-11(4-5-11)7-14-17(15,16)10-3-2-8(13)6-9(10)12/h2-3,6,14H,4-5,7,13H2,1H3. The van der Waals surface area contributed by atoms with Gasteiger partial charge in [0.05, 0.1) is 5.02 Å². The molecule has 4 nitrogen and oxygen atoms in total. The first-order valence-corrected chi connectivity index (χ1v) is 7.23. The molecule has 1 saturated carbocycles. The summed E-state index contributed by atoms with van der Waals surface area (Å²) in [7, 11) is -3.54. The second kappa shape index (κ2) is 4.15. The molecule has 0 heterocycles. The predicted octanol–water partition coefficient (Wildman–Crippen LogP) is 2.00. The molecule has 1 aromatic rings. The minimum absolute atomic E-state index is 0.0811. The van der Waals surface area contributed by atoms with Gasteiger partial charge in [-0.1, -0.05) is 18.5 Å². The topological polar surface area (TPSA) is 72.2 Å². The van der Waals surface area contributed by atoms with Crippen molar-refractivity contribution >= 4 is 27.3 Å². The molecule has 3 N–H and O–H groups in total. The van der Waals surface area contributed by atoms with Crippen LogP contribution in [0.4, 0.5) is 5.69 Å². The van der Waals surface area contributed by atoms with Crippen LogP contribution in [-0.2, 0) is 10.0 Å². The number of hydrogen-bond acceptors (Lipinski definition) is 3. The number of nitrogen functional groups attached to an aromatic ring is 1. The number of nitrogens with two attached hydrogens (primary N) is 1. The molecular formula is C11H15ClN2O2S. The van der Waals surface area contributed by atoms with E-state index in [4.69, 9.17) is 17.3 Å². The first-order valence-electron chi connectivity index (χ1n) is 5.37. The van der Waals surface area contributed by atoms with Crippen LogP contribution in [0.1, 0.15) is 19.8 Å². The molecule has 0 bridgehead atoms. The molecule has 1 fully saturated rings. The molecule has 0 atom stereocenters. The van der Waals surface area contributed by atoms with E-state index in [2.05, 4.69) is 11.6 Å².